The third-order valence-electron chi connectivity index (χ3n) is 2.23. The summed E-state index contributed by atoms with van der Waals surface area (Å²) < 4.78 is 26.9. The van der Waals surface area contributed by atoms with Gasteiger partial charge in [-0.1, -0.05) is 0 Å². The van der Waals surface area contributed by atoms with Crippen molar-refractivity contribution in [1.29, 1.82) is 0 Å². The Balaban J connectivity index is 2.33. The van der Waals surface area contributed by atoms with Gasteiger partial charge in [-0.2, -0.15) is 0 Å². The molecule has 0 radical (unpaired) electrons. The summed E-state index contributed by atoms with van der Waals surface area (Å²) in [7, 11) is -3.85. The van der Waals surface area contributed by atoms with E-state index in [2.05, 4.69) is 30.6 Å². The highest BCUT2D eigenvalue weighted by Gasteiger charge is 2.16. The number of carboxylic acids is 1. The Kier molecular flexibility index (Phi) is 4.00. The van der Waals surface area contributed by atoms with Crippen molar-refractivity contribution in [1.82, 2.24) is 9.97 Å². The number of sulfonamides is 1. The van der Waals surface area contributed by atoms with Crippen molar-refractivity contribution in [3.05, 3.63) is 47.0 Å². The zero-order valence-corrected chi connectivity index (χ0v) is 12.2. The number of halogens is 1. The molecule has 0 aliphatic heterocycles. The first-order valence-corrected chi connectivity index (χ1v) is 7.48. The monoisotopic (exact) mass is 357 g/mol. The molecule has 0 bridgehead atoms. The Morgan fingerprint density at radius 2 is 1.85 bits per heavy atom. The molecule has 0 aliphatic rings. The summed E-state index contributed by atoms with van der Waals surface area (Å²) >= 11 is 3.13. The van der Waals surface area contributed by atoms with Gasteiger partial charge in [0.05, 0.1) is 17.4 Å². The van der Waals surface area contributed by atoms with Crippen LogP contribution in [0.4, 0.5) is 5.69 Å². The van der Waals surface area contributed by atoms with E-state index in [0.29, 0.717) is 4.47 Å². The van der Waals surface area contributed by atoms with Crippen molar-refractivity contribution >= 4 is 37.6 Å². The molecule has 0 spiro atoms. The molecule has 2 aromatic rings. The van der Waals surface area contributed by atoms with E-state index >= 15 is 0 Å². The molecule has 0 aromatic carbocycles. The maximum absolute atomic E-state index is 12.1. The van der Waals surface area contributed by atoms with Crippen LogP contribution in [0.25, 0.3) is 0 Å². The van der Waals surface area contributed by atoms with Gasteiger partial charge in [-0.25, -0.2) is 13.2 Å². The number of hydrogen-bond donors (Lipinski definition) is 2. The van der Waals surface area contributed by atoms with Gasteiger partial charge >= 0.3 is 5.97 Å². The first-order chi connectivity index (χ1) is 9.38. The van der Waals surface area contributed by atoms with Crippen molar-refractivity contribution < 1.29 is 18.3 Å². The first-order valence-electron chi connectivity index (χ1n) is 5.20. The molecule has 2 aromatic heterocycles. The molecular formula is C11H8BrN3O4S. The Morgan fingerprint density at radius 3 is 2.50 bits per heavy atom. The van der Waals surface area contributed by atoms with Crippen molar-refractivity contribution in [2.24, 2.45) is 0 Å². The van der Waals surface area contributed by atoms with E-state index < -0.39 is 16.0 Å². The molecule has 0 saturated heterocycles. The summed E-state index contributed by atoms with van der Waals surface area (Å²) in [4.78, 5) is 18.2. The second-order valence-corrected chi connectivity index (χ2v) is 6.31. The van der Waals surface area contributed by atoms with Gasteiger partial charge in [-0.15, -0.1) is 0 Å². The number of carboxylic acid groups (broad SMARTS) is 1. The average Bonchev–Trinajstić information content (AvgIpc) is 2.38. The Bertz CT molecular complexity index is 764. The van der Waals surface area contributed by atoms with Crippen molar-refractivity contribution in [2.75, 3.05) is 4.72 Å². The van der Waals surface area contributed by atoms with Crippen molar-refractivity contribution in [3.8, 4) is 0 Å². The molecule has 0 unspecified atom stereocenters. The molecule has 0 fully saturated rings. The Hall–Kier alpha value is -2.00. The van der Waals surface area contributed by atoms with E-state index in [1.165, 1.54) is 30.7 Å². The van der Waals surface area contributed by atoms with Crippen LogP contribution in [-0.4, -0.2) is 29.5 Å². The molecule has 2 rings (SSSR count). The molecule has 20 heavy (non-hydrogen) atoms. The highest BCUT2D eigenvalue weighted by molar-refractivity contribution is 9.10. The van der Waals surface area contributed by atoms with Gasteiger partial charge in [0.2, 0.25) is 0 Å². The predicted octanol–water partition coefficient (Wildman–Crippen LogP) is 1.74. The topological polar surface area (TPSA) is 109 Å². The molecule has 104 valence electrons. The number of nitrogens with zero attached hydrogens (tertiary/aromatic N) is 2. The highest BCUT2D eigenvalue weighted by Crippen LogP contribution is 2.18. The lowest BCUT2D eigenvalue weighted by Gasteiger charge is -2.08. The van der Waals surface area contributed by atoms with E-state index in [-0.39, 0.29) is 16.1 Å². The molecule has 0 saturated carbocycles. The van der Waals surface area contributed by atoms with Crippen LogP contribution >= 0.6 is 15.9 Å². The standard InChI is InChI=1S/C11H8BrN3O4S/c12-8-2-10(6-14-4-8)20(18,19)15-9-1-7(11(16)17)3-13-5-9/h1-6,15H,(H,16,17). The predicted molar refractivity (Wildman–Crippen MR) is 73.9 cm³/mol. The summed E-state index contributed by atoms with van der Waals surface area (Å²) in [5, 5.41) is 8.83. The third-order valence-corrected chi connectivity index (χ3v) is 4.01. The highest BCUT2D eigenvalue weighted by atomic mass is 79.9. The number of hydrogen-bond acceptors (Lipinski definition) is 5. The van der Waals surface area contributed by atoms with Gasteiger partial charge in [0.15, 0.2) is 0 Å². The van der Waals surface area contributed by atoms with Crippen LogP contribution in [0, 0.1) is 0 Å². The van der Waals surface area contributed by atoms with Gasteiger partial charge in [0.25, 0.3) is 10.0 Å². The molecule has 9 heteroatoms. The molecule has 0 aliphatic carbocycles. The van der Waals surface area contributed by atoms with Gasteiger partial charge in [-0.3, -0.25) is 14.7 Å². The number of anilines is 1. The quantitative estimate of drug-likeness (QED) is 0.862. The first kappa shape index (κ1) is 14.4. The molecule has 7 nitrogen and oxygen atoms in total. The SMILES string of the molecule is O=C(O)c1cncc(NS(=O)(=O)c2cncc(Br)c2)c1. The fraction of sp³-hybridized carbons (Fsp3) is 0. The summed E-state index contributed by atoms with van der Waals surface area (Å²) in [6.07, 6.45) is 4.98. The summed E-state index contributed by atoms with van der Waals surface area (Å²) in [6, 6.07) is 2.56. The normalized spacial score (nSPS) is 11.1. The van der Waals surface area contributed by atoms with Gasteiger partial charge in [-0.05, 0) is 28.1 Å². The summed E-state index contributed by atoms with van der Waals surface area (Å²) in [5.74, 6) is -1.19. The molecule has 2 heterocycles. The molecule has 0 atom stereocenters. The van der Waals surface area contributed by atoms with Crippen LogP contribution in [0.5, 0.6) is 0 Å². The van der Waals surface area contributed by atoms with Gasteiger partial charge in [0, 0.05) is 23.1 Å². The Labute approximate surface area is 122 Å². The molecular weight excluding hydrogens is 350 g/mol. The fourth-order valence-corrected chi connectivity index (χ4v) is 2.90. The van der Waals surface area contributed by atoms with Crippen LogP contribution < -0.4 is 4.72 Å². The van der Waals surface area contributed by atoms with Crippen LogP contribution in [0.3, 0.4) is 0 Å². The number of pyridine rings is 2. The number of nitrogens with one attached hydrogen (secondary N) is 1. The van der Waals surface area contributed by atoms with E-state index in [1.807, 2.05) is 0 Å². The number of carbonyl (C=O) groups is 1. The van der Waals surface area contributed by atoms with E-state index in [4.69, 9.17) is 5.11 Å². The van der Waals surface area contributed by atoms with Crippen LogP contribution in [0.15, 0.2) is 46.3 Å². The second-order valence-electron chi connectivity index (χ2n) is 3.71. The number of aromatic carboxylic acids is 1. The van der Waals surface area contributed by atoms with E-state index in [9.17, 15) is 13.2 Å². The molecule has 2 N–H and O–H groups in total. The third kappa shape index (κ3) is 3.31. The van der Waals surface area contributed by atoms with Gasteiger partial charge < -0.3 is 5.11 Å². The fourth-order valence-electron chi connectivity index (χ4n) is 1.37. The lowest BCUT2D eigenvalue weighted by molar-refractivity contribution is 0.0696. The van der Waals surface area contributed by atoms with Crippen LogP contribution in [-0.2, 0) is 10.0 Å². The lowest BCUT2D eigenvalue weighted by atomic mass is 10.3. The van der Waals surface area contributed by atoms with E-state index in [1.54, 1.807) is 0 Å². The van der Waals surface area contributed by atoms with Crippen LogP contribution in [0.1, 0.15) is 10.4 Å². The minimum absolute atomic E-state index is 0.0485. The summed E-state index contributed by atoms with van der Waals surface area (Å²) in [5.41, 5.74) is -0.0533. The minimum Gasteiger partial charge on any atom is -0.478 e. The van der Waals surface area contributed by atoms with E-state index in [0.717, 1.165) is 6.20 Å². The minimum atomic E-state index is -3.85. The van der Waals surface area contributed by atoms with Crippen molar-refractivity contribution in [2.45, 2.75) is 4.90 Å². The summed E-state index contributed by atoms with van der Waals surface area (Å²) in [6.45, 7) is 0. The average molecular weight is 358 g/mol. The lowest BCUT2D eigenvalue weighted by Crippen LogP contribution is -2.14. The zero-order chi connectivity index (χ0) is 14.8. The number of aromatic nitrogens is 2. The maximum Gasteiger partial charge on any atom is 0.337 e. The molecule has 0 amide bonds. The van der Waals surface area contributed by atoms with Crippen molar-refractivity contribution in [3.63, 3.8) is 0 Å². The van der Waals surface area contributed by atoms with Gasteiger partial charge in [0.1, 0.15) is 4.90 Å². The number of rotatable bonds is 4. The zero-order valence-electron chi connectivity index (χ0n) is 9.82. The largest absolute Gasteiger partial charge is 0.478 e. The van der Waals surface area contributed by atoms with Crippen LogP contribution in [0.2, 0.25) is 0 Å². The Morgan fingerprint density at radius 1 is 1.15 bits per heavy atom. The maximum atomic E-state index is 12.1. The smallest absolute Gasteiger partial charge is 0.337 e. The second kappa shape index (κ2) is 5.55.